The third-order valence-electron chi connectivity index (χ3n) is 4.68. The Bertz CT molecular complexity index is 1050. The number of azo groups is 1. The van der Waals surface area contributed by atoms with Gasteiger partial charge in [0.05, 0.1) is 24.4 Å². The molecule has 0 saturated carbocycles. The van der Waals surface area contributed by atoms with Crippen molar-refractivity contribution in [1.82, 2.24) is 4.37 Å². The van der Waals surface area contributed by atoms with Crippen LogP contribution in [0.1, 0.15) is 44.9 Å². The van der Waals surface area contributed by atoms with E-state index < -0.39 is 0 Å². The number of aliphatic hydroxyl groups excluding tert-OH is 1. The molecule has 1 atom stereocenters. The van der Waals surface area contributed by atoms with Crippen LogP contribution >= 0.6 is 11.5 Å². The van der Waals surface area contributed by atoms with Gasteiger partial charge in [-0.05, 0) is 56.9 Å². The number of amides is 1. The fraction of sp³-hybridized carbons (Fsp3) is 0.455. The molecule has 1 aromatic carbocycles. The molecule has 0 spiro atoms. The maximum Gasteiger partial charge on any atom is 0.307 e. The smallest absolute Gasteiger partial charge is 0.307 e. The Morgan fingerprint density at radius 2 is 2.15 bits per heavy atom. The molecule has 1 heterocycles. The van der Waals surface area contributed by atoms with E-state index in [9.17, 15) is 20.0 Å². The molecule has 0 fully saturated rings. The van der Waals surface area contributed by atoms with Crippen molar-refractivity contribution in [1.29, 1.82) is 5.26 Å². The first-order valence-electron chi connectivity index (χ1n) is 10.5. The van der Waals surface area contributed by atoms with Crippen LogP contribution in [0.25, 0.3) is 0 Å². The van der Waals surface area contributed by atoms with Crippen LogP contribution in [-0.4, -0.2) is 47.2 Å². The van der Waals surface area contributed by atoms with Gasteiger partial charge in [-0.15, -0.1) is 10.2 Å². The lowest BCUT2D eigenvalue weighted by atomic mass is 10.1. The zero-order valence-electron chi connectivity index (χ0n) is 19.2. The number of aryl methyl sites for hydroxylation is 1. The summed E-state index contributed by atoms with van der Waals surface area (Å²) in [6.45, 7) is 7.58. The van der Waals surface area contributed by atoms with Gasteiger partial charge in [-0.2, -0.15) is 9.64 Å². The predicted octanol–water partition coefficient (Wildman–Crippen LogP) is 4.23. The number of hydrogen-bond acceptors (Lipinski definition) is 10. The first kappa shape index (κ1) is 25.9. The number of hydrogen-bond donors (Lipinski definition) is 2. The highest BCUT2D eigenvalue weighted by atomic mass is 32.1. The molecule has 1 unspecified atom stereocenters. The Kier molecular flexibility index (Phi) is 9.90. The van der Waals surface area contributed by atoms with E-state index >= 15 is 0 Å². The topological polar surface area (TPSA) is 140 Å². The number of nitrogens with one attached hydrogen (secondary N) is 1. The van der Waals surface area contributed by atoms with Gasteiger partial charge < -0.3 is 20.1 Å². The Morgan fingerprint density at radius 1 is 1.39 bits per heavy atom. The maximum absolute atomic E-state index is 12.0. The van der Waals surface area contributed by atoms with E-state index in [1.165, 1.54) is 6.92 Å². The van der Waals surface area contributed by atoms with Crippen molar-refractivity contribution in [2.24, 2.45) is 10.2 Å². The number of aliphatic hydroxyl groups is 1. The van der Waals surface area contributed by atoms with Gasteiger partial charge in [0.25, 0.3) is 0 Å². The molecule has 10 nitrogen and oxygen atoms in total. The van der Waals surface area contributed by atoms with Crippen molar-refractivity contribution < 1.29 is 19.4 Å². The number of nitriles is 1. The normalized spacial score (nSPS) is 11.8. The van der Waals surface area contributed by atoms with Crippen molar-refractivity contribution in [3.8, 4) is 6.07 Å². The molecular formula is C22H28N6O4S. The second-order valence-corrected chi connectivity index (χ2v) is 8.02. The minimum absolute atomic E-state index is 0.00294. The number of anilines is 2. The summed E-state index contributed by atoms with van der Waals surface area (Å²) in [7, 11) is 0. The zero-order chi connectivity index (χ0) is 24.4. The van der Waals surface area contributed by atoms with Gasteiger partial charge in [0, 0.05) is 31.8 Å². The molecule has 0 aliphatic carbocycles. The lowest BCUT2D eigenvalue weighted by molar-refractivity contribution is -0.143. The van der Waals surface area contributed by atoms with E-state index in [0.29, 0.717) is 47.2 Å². The lowest BCUT2D eigenvalue weighted by Gasteiger charge is -2.31. The number of rotatable bonds is 11. The van der Waals surface area contributed by atoms with Gasteiger partial charge in [-0.1, -0.05) is 0 Å². The lowest BCUT2D eigenvalue weighted by Crippen LogP contribution is -2.36. The van der Waals surface area contributed by atoms with E-state index in [0.717, 1.165) is 17.2 Å². The molecule has 2 rings (SSSR count). The Labute approximate surface area is 197 Å². The highest BCUT2D eigenvalue weighted by Crippen LogP contribution is 2.34. The molecule has 0 bridgehead atoms. The highest BCUT2D eigenvalue weighted by Gasteiger charge is 2.20. The number of carbonyl (C=O) groups is 2. The van der Waals surface area contributed by atoms with Crippen molar-refractivity contribution in [2.45, 2.75) is 46.6 Å². The molecule has 0 radical (unpaired) electrons. The molecule has 11 heteroatoms. The summed E-state index contributed by atoms with van der Waals surface area (Å²) < 4.78 is 9.19. The summed E-state index contributed by atoms with van der Waals surface area (Å²) in [5, 5.41) is 30.1. The Hall–Kier alpha value is -3.36. The fourth-order valence-electron chi connectivity index (χ4n) is 3.15. The quantitative estimate of drug-likeness (QED) is 0.368. The molecule has 1 aromatic heterocycles. The average Bonchev–Trinajstić information content (AvgIpc) is 3.12. The molecular weight excluding hydrogens is 444 g/mol. The van der Waals surface area contributed by atoms with E-state index in [-0.39, 0.29) is 30.9 Å². The molecule has 1 amide bonds. The predicted molar refractivity (Wildman–Crippen MR) is 126 cm³/mol. The van der Waals surface area contributed by atoms with Crippen LogP contribution in [0.15, 0.2) is 28.4 Å². The van der Waals surface area contributed by atoms with Crippen LogP contribution in [0.3, 0.4) is 0 Å². The molecule has 0 saturated heterocycles. The summed E-state index contributed by atoms with van der Waals surface area (Å²) >= 11 is 1.07. The fourth-order valence-corrected chi connectivity index (χ4v) is 3.83. The van der Waals surface area contributed by atoms with Gasteiger partial charge in [0.1, 0.15) is 17.3 Å². The monoisotopic (exact) mass is 472 g/mol. The van der Waals surface area contributed by atoms with Gasteiger partial charge >= 0.3 is 5.97 Å². The maximum atomic E-state index is 12.0. The van der Waals surface area contributed by atoms with E-state index in [4.69, 9.17) is 4.74 Å². The van der Waals surface area contributed by atoms with Crippen LogP contribution < -0.4 is 10.2 Å². The summed E-state index contributed by atoms with van der Waals surface area (Å²) in [4.78, 5) is 25.8. The Morgan fingerprint density at radius 3 is 2.79 bits per heavy atom. The number of benzene rings is 1. The second-order valence-electron chi connectivity index (χ2n) is 7.27. The number of nitrogens with zero attached hydrogens (tertiary/aromatic N) is 5. The van der Waals surface area contributed by atoms with E-state index in [1.54, 1.807) is 26.0 Å². The summed E-state index contributed by atoms with van der Waals surface area (Å²) in [6.07, 6.45) is 0.684. The molecule has 2 aromatic rings. The van der Waals surface area contributed by atoms with Crippen molar-refractivity contribution in [3.05, 3.63) is 29.5 Å². The number of carbonyl (C=O) groups excluding carboxylic acids is 2. The van der Waals surface area contributed by atoms with Crippen molar-refractivity contribution >= 4 is 45.5 Å². The van der Waals surface area contributed by atoms with Gasteiger partial charge in [0.15, 0.2) is 5.00 Å². The van der Waals surface area contributed by atoms with Gasteiger partial charge in [0.2, 0.25) is 5.91 Å². The molecule has 176 valence electrons. The summed E-state index contributed by atoms with van der Waals surface area (Å²) in [5.41, 5.74) is 2.53. The van der Waals surface area contributed by atoms with Crippen molar-refractivity contribution in [2.75, 3.05) is 30.0 Å². The number of aromatic nitrogens is 1. The standard InChI is InChI=1S/C22H28N6O4S/c1-5-32-21(31)11-14(2)28(9-6-10-29)17-7-8-19(20(12-17)24-16(4)30)25-26-22-18(13-23)15(3)27-33-22/h7-8,12,14,29H,5-6,9-11H2,1-4H3,(H,24,30). The molecule has 33 heavy (non-hydrogen) atoms. The minimum Gasteiger partial charge on any atom is -0.466 e. The van der Waals surface area contributed by atoms with Gasteiger partial charge in [-0.25, -0.2) is 0 Å². The van der Waals surface area contributed by atoms with Crippen LogP contribution in [-0.2, 0) is 14.3 Å². The minimum atomic E-state index is -0.306. The first-order chi connectivity index (χ1) is 15.8. The third kappa shape index (κ3) is 7.34. The molecule has 0 aliphatic rings. The average molecular weight is 473 g/mol. The SMILES string of the molecule is CCOC(=O)CC(C)N(CCCO)c1ccc(N=Nc2snc(C)c2C#N)c(NC(C)=O)c1. The number of esters is 1. The van der Waals surface area contributed by atoms with Crippen LogP contribution in [0.5, 0.6) is 0 Å². The first-order valence-corrected chi connectivity index (χ1v) is 11.3. The van der Waals surface area contributed by atoms with Gasteiger partial charge in [-0.3, -0.25) is 9.59 Å². The van der Waals surface area contributed by atoms with E-state index in [1.807, 2.05) is 17.9 Å². The van der Waals surface area contributed by atoms with Crippen molar-refractivity contribution in [3.63, 3.8) is 0 Å². The zero-order valence-corrected chi connectivity index (χ0v) is 20.0. The molecule has 2 N–H and O–H groups in total. The van der Waals surface area contributed by atoms with Crippen LogP contribution in [0, 0.1) is 18.3 Å². The molecule has 0 aliphatic heterocycles. The van der Waals surface area contributed by atoms with Crippen LogP contribution in [0.2, 0.25) is 0 Å². The summed E-state index contributed by atoms with van der Waals surface area (Å²) in [6, 6.07) is 7.12. The van der Waals surface area contributed by atoms with E-state index in [2.05, 4.69) is 26.0 Å². The summed E-state index contributed by atoms with van der Waals surface area (Å²) in [5.74, 6) is -0.587. The Balaban J connectivity index is 2.39. The third-order valence-corrected chi connectivity index (χ3v) is 5.51. The van der Waals surface area contributed by atoms with Crippen LogP contribution in [0.4, 0.5) is 22.1 Å². The highest BCUT2D eigenvalue weighted by molar-refractivity contribution is 7.10. The second kappa shape index (κ2) is 12.6. The largest absolute Gasteiger partial charge is 0.466 e. The number of ether oxygens (including phenoxy) is 1.